The van der Waals surface area contributed by atoms with Gasteiger partial charge >= 0.3 is 0 Å². The van der Waals surface area contributed by atoms with Crippen LogP contribution in [-0.2, 0) is 21.2 Å². The van der Waals surface area contributed by atoms with Crippen molar-refractivity contribution in [1.29, 1.82) is 0 Å². The van der Waals surface area contributed by atoms with Gasteiger partial charge in [0.15, 0.2) is 0 Å². The van der Waals surface area contributed by atoms with Crippen LogP contribution in [-0.4, -0.2) is 25.2 Å². The van der Waals surface area contributed by atoms with E-state index < -0.39 is 22.0 Å². The van der Waals surface area contributed by atoms with E-state index in [4.69, 9.17) is 28.9 Å². The number of benzene rings is 3. The van der Waals surface area contributed by atoms with Gasteiger partial charge in [0.2, 0.25) is 15.9 Å². The number of halogens is 2. The summed E-state index contributed by atoms with van der Waals surface area (Å²) in [6.07, 6.45) is 0.351. The van der Waals surface area contributed by atoms with Crippen LogP contribution >= 0.6 is 23.2 Å². The number of nitrogens with zero attached hydrogens (tertiary/aromatic N) is 1. The Morgan fingerprint density at radius 1 is 0.900 bits per heavy atom. The first-order valence-corrected chi connectivity index (χ1v) is 11.3. The van der Waals surface area contributed by atoms with Gasteiger partial charge in [-0.1, -0.05) is 65.7 Å². The van der Waals surface area contributed by atoms with Gasteiger partial charge in [-0.3, -0.25) is 4.79 Å². The molecule has 0 saturated carbocycles. The number of primary amides is 1. The van der Waals surface area contributed by atoms with Gasteiger partial charge in [-0.25, -0.2) is 8.42 Å². The number of amides is 1. The first kappa shape index (κ1) is 22.3. The minimum absolute atomic E-state index is 0.0279. The monoisotopic (exact) mass is 462 g/mol. The molecule has 3 aromatic rings. The van der Waals surface area contributed by atoms with E-state index in [0.29, 0.717) is 22.0 Å². The summed E-state index contributed by atoms with van der Waals surface area (Å²) in [6, 6.07) is 20.4. The van der Waals surface area contributed by atoms with Crippen LogP contribution in [0, 0.1) is 0 Å². The van der Waals surface area contributed by atoms with Gasteiger partial charge in [-0.15, -0.1) is 0 Å². The van der Waals surface area contributed by atoms with E-state index in [1.807, 2.05) is 6.07 Å². The molecule has 1 amide bonds. The molecule has 0 fully saturated rings. The lowest BCUT2D eigenvalue weighted by atomic mass is 10.1. The molecule has 0 unspecified atom stereocenters. The Morgan fingerprint density at radius 3 is 2.17 bits per heavy atom. The van der Waals surface area contributed by atoms with Crippen LogP contribution in [0.4, 0.5) is 0 Å². The summed E-state index contributed by atoms with van der Waals surface area (Å²) in [7, 11) is -4.05. The summed E-state index contributed by atoms with van der Waals surface area (Å²) in [5, 5.41) is 0.961. The maximum Gasteiger partial charge on any atom is 0.244 e. The topological polar surface area (TPSA) is 80.5 Å². The van der Waals surface area contributed by atoms with Crippen molar-refractivity contribution in [3.63, 3.8) is 0 Å². The molecule has 1 atom stereocenters. The van der Waals surface area contributed by atoms with Gasteiger partial charge in [-0.05, 0) is 53.9 Å². The summed E-state index contributed by atoms with van der Waals surface area (Å²) in [5.41, 5.74) is 7.01. The zero-order chi connectivity index (χ0) is 21.7. The molecule has 3 aromatic carbocycles. The molecule has 30 heavy (non-hydrogen) atoms. The fourth-order valence-corrected chi connectivity index (χ4v) is 5.09. The highest BCUT2D eigenvalue weighted by molar-refractivity contribution is 7.89. The van der Waals surface area contributed by atoms with Crippen molar-refractivity contribution in [3.05, 3.63) is 100 Å². The average molecular weight is 463 g/mol. The van der Waals surface area contributed by atoms with Crippen LogP contribution in [0.5, 0.6) is 0 Å². The summed E-state index contributed by atoms with van der Waals surface area (Å²) in [5.74, 6) is -0.759. The normalized spacial score (nSPS) is 12.6. The van der Waals surface area contributed by atoms with Crippen LogP contribution < -0.4 is 5.73 Å². The molecule has 0 aliphatic rings. The molecule has 0 heterocycles. The van der Waals surface area contributed by atoms with Gasteiger partial charge in [0, 0.05) is 16.6 Å². The van der Waals surface area contributed by atoms with Crippen molar-refractivity contribution in [2.75, 3.05) is 6.54 Å². The Hall–Kier alpha value is -2.38. The maximum atomic E-state index is 13.5. The molecule has 0 aromatic heterocycles. The lowest BCUT2D eigenvalue weighted by Gasteiger charge is -2.29. The molecule has 0 saturated heterocycles. The Morgan fingerprint density at radius 2 is 1.57 bits per heavy atom. The van der Waals surface area contributed by atoms with E-state index in [2.05, 4.69) is 0 Å². The molecule has 0 aliphatic heterocycles. The number of carbonyl (C=O) groups excluding carboxylic acids is 1. The van der Waals surface area contributed by atoms with E-state index in [0.717, 1.165) is 9.87 Å². The molecule has 0 radical (unpaired) electrons. The van der Waals surface area contributed by atoms with Crippen molar-refractivity contribution in [3.8, 4) is 0 Å². The second-order valence-electron chi connectivity index (χ2n) is 6.67. The number of rotatable bonds is 8. The molecule has 0 aliphatic carbocycles. The number of hydrogen-bond acceptors (Lipinski definition) is 3. The third kappa shape index (κ3) is 5.21. The molecule has 2 N–H and O–H groups in total. The lowest BCUT2D eigenvalue weighted by Crippen LogP contribution is -2.42. The molecular weight excluding hydrogens is 443 g/mol. The highest BCUT2D eigenvalue weighted by Crippen LogP contribution is 2.29. The molecule has 8 heteroatoms. The summed E-state index contributed by atoms with van der Waals surface area (Å²) < 4.78 is 28.1. The number of carbonyl (C=O) groups is 1. The molecule has 3 rings (SSSR count). The van der Waals surface area contributed by atoms with Crippen LogP contribution in [0.25, 0.3) is 0 Å². The van der Waals surface area contributed by atoms with E-state index in [1.54, 1.807) is 48.5 Å². The minimum atomic E-state index is -4.05. The van der Waals surface area contributed by atoms with Gasteiger partial charge in [0.1, 0.15) is 6.04 Å². The maximum absolute atomic E-state index is 13.5. The van der Waals surface area contributed by atoms with Gasteiger partial charge < -0.3 is 5.73 Å². The smallest absolute Gasteiger partial charge is 0.244 e. The number of sulfonamides is 1. The third-order valence-electron chi connectivity index (χ3n) is 4.60. The van der Waals surface area contributed by atoms with E-state index in [9.17, 15) is 13.2 Å². The van der Waals surface area contributed by atoms with Gasteiger partial charge in [0.25, 0.3) is 0 Å². The molecule has 5 nitrogen and oxygen atoms in total. The fraction of sp³-hybridized carbons (Fsp3) is 0.136. The number of hydrogen-bond donors (Lipinski definition) is 1. The summed E-state index contributed by atoms with van der Waals surface area (Å²) in [4.78, 5) is 12.4. The van der Waals surface area contributed by atoms with Crippen molar-refractivity contribution in [1.82, 2.24) is 4.31 Å². The van der Waals surface area contributed by atoms with Crippen LogP contribution in [0.1, 0.15) is 17.2 Å². The third-order valence-corrected chi connectivity index (χ3v) is 6.97. The van der Waals surface area contributed by atoms with Crippen molar-refractivity contribution in [2.45, 2.75) is 17.4 Å². The second-order valence-corrected chi connectivity index (χ2v) is 9.43. The molecule has 0 bridgehead atoms. The Balaban J connectivity index is 2.04. The van der Waals surface area contributed by atoms with Crippen molar-refractivity contribution < 1.29 is 13.2 Å². The standard InChI is InChI=1S/C22H20Cl2N2O3S/c23-18-9-11-20(12-10-18)30(28,29)26(14-13-16-5-4-8-19(24)15-16)21(22(25)27)17-6-2-1-3-7-17/h1-12,15,21H,13-14H2,(H2,25,27)/t21-/m1/s1. The highest BCUT2D eigenvalue weighted by atomic mass is 35.5. The SMILES string of the molecule is NC(=O)[C@@H](c1ccccc1)N(CCc1cccc(Cl)c1)S(=O)(=O)c1ccc(Cl)cc1. The lowest BCUT2D eigenvalue weighted by molar-refractivity contribution is -0.121. The Bertz CT molecular complexity index is 1120. The van der Waals surface area contributed by atoms with Gasteiger partial charge in [-0.2, -0.15) is 4.31 Å². The minimum Gasteiger partial charge on any atom is -0.368 e. The largest absolute Gasteiger partial charge is 0.368 e. The average Bonchev–Trinajstić information content (AvgIpc) is 2.71. The van der Waals surface area contributed by atoms with Crippen LogP contribution in [0.3, 0.4) is 0 Å². The zero-order valence-corrected chi connectivity index (χ0v) is 18.2. The van der Waals surface area contributed by atoms with Crippen molar-refractivity contribution >= 4 is 39.1 Å². The van der Waals surface area contributed by atoms with Gasteiger partial charge in [0.05, 0.1) is 4.90 Å². The van der Waals surface area contributed by atoms with Crippen molar-refractivity contribution in [2.24, 2.45) is 5.73 Å². The quantitative estimate of drug-likeness (QED) is 0.536. The Labute approximate surface area is 186 Å². The predicted molar refractivity (Wildman–Crippen MR) is 119 cm³/mol. The second kappa shape index (κ2) is 9.62. The first-order valence-electron chi connectivity index (χ1n) is 9.15. The first-order chi connectivity index (χ1) is 14.3. The Kier molecular flexibility index (Phi) is 7.15. The number of nitrogens with two attached hydrogens (primary N) is 1. The van der Waals surface area contributed by atoms with E-state index in [-0.39, 0.29) is 11.4 Å². The molecular formula is C22H20Cl2N2O3S. The van der Waals surface area contributed by atoms with E-state index >= 15 is 0 Å². The van der Waals surface area contributed by atoms with E-state index in [1.165, 1.54) is 24.3 Å². The highest BCUT2D eigenvalue weighted by Gasteiger charge is 2.35. The summed E-state index contributed by atoms with van der Waals surface area (Å²) >= 11 is 12.0. The fourth-order valence-electron chi connectivity index (χ4n) is 3.17. The van der Waals surface area contributed by atoms with Crippen LogP contribution in [0.2, 0.25) is 10.0 Å². The van der Waals surface area contributed by atoms with Crippen LogP contribution in [0.15, 0.2) is 83.8 Å². The zero-order valence-electron chi connectivity index (χ0n) is 15.9. The molecule has 156 valence electrons. The summed E-state index contributed by atoms with van der Waals surface area (Å²) in [6.45, 7) is 0.0355. The predicted octanol–water partition coefficient (Wildman–Crippen LogP) is 4.45. The molecule has 0 spiro atoms.